The average molecular weight is 410 g/mol. The third-order valence-corrected chi connectivity index (χ3v) is 6.12. The van der Waals surface area contributed by atoms with Crippen molar-refractivity contribution in [2.24, 2.45) is 0 Å². The first kappa shape index (κ1) is 19.1. The lowest BCUT2D eigenvalue weighted by Crippen LogP contribution is -2.22. The predicted molar refractivity (Wildman–Crippen MR) is 109 cm³/mol. The van der Waals surface area contributed by atoms with Crippen LogP contribution in [-0.4, -0.2) is 34.4 Å². The van der Waals surface area contributed by atoms with Gasteiger partial charge >= 0.3 is 0 Å². The van der Waals surface area contributed by atoms with Crippen molar-refractivity contribution in [3.05, 3.63) is 34.7 Å². The molecule has 0 amide bonds. The summed E-state index contributed by atoms with van der Waals surface area (Å²) < 4.78 is 7.62. The van der Waals surface area contributed by atoms with Crippen molar-refractivity contribution in [2.75, 3.05) is 12.3 Å². The maximum Gasteiger partial charge on any atom is 0.223 e. The molecule has 0 radical (unpaired) electrons. The molecule has 0 unspecified atom stereocenters. The van der Waals surface area contributed by atoms with Gasteiger partial charge in [-0.3, -0.25) is 0 Å². The van der Waals surface area contributed by atoms with E-state index in [1.165, 1.54) is 6.20 Å². The Balaban J connectivity index is 1.98. The molecule has 2 N–H and O–H groups in total. The molecule has 2 aromatic heterocycles. The van der Waals surface area contributed by atoms with E-state index >= 15 is 0 Å². The minimum absolute atomic E-state index is 0.105. The number of aromatic nitrogens is 4. The van der Waals surface area contributed by atoms with Gasteiger partial charge in [0.1, 0.15) is 18.1 Å². The van der Waals surface area contributed by atoms with E-state index in [1.807, 2.05) is 18.2 Å². The standard InChI is InChI=1S/C17H21Cl2N5OSi/c1-26(2,3)8-7-25-10-24-13-6-4-5-12(20)14(13)16(23-24)15-11(18)9-21-17(19)22-15/h4-6,9H,7-8,10,20H2,1-3H3. The van der Waals surface area contributed by atoms with Gasteiger partial charge in [-0.25, -0.2) is 14.6 Å². The zero-order chi connectivity index (χ0) is 18.9. The maximum absolute atomic E-state index is 6.27. The molecule has 26 heavy (non-hydrogen) atoms. The van der Waals surface area contributed by atoms with E-state index in [2.05, 4.69) is 34.7 Å². The number of fused-ring (bicyclic) bond motifs is 1. The van der Waals surface area contributed by atoms with Crippen LogP contribution in [0.4, 0.5) is 5.69 Å². The molecule has 2 heterocycles. The number of benzene rings is 1. The third kappa shape index (κ3) is 4.17. The maximum atomic E-state index is 6.27. The molecule has 6 nitrogen and oxygen atoms in total. The highest BCUT2D eigenvalue weighted by Gasteiger charge is 2.19. The third-order valence-electron chi connectivity index (χ3n) is 3.96. The van der Waals surface area contributed by atoms with E-state index in [1.54, 1.807) is 4.68 Å². The highest BCUT2D eigenvalue weighted by molar-refractivity contribution is 6.76. The van der Waals surface area contributed by atoms with Crippen LogP contribution in [0.15, 0.2) is 24.4 Å². The van der Waals surface area contributed by atoms with Gasteiger partial charge in [0.25, 0.3) is 0 Å². The number of hydrogen-bond donors (Lipinski definition) is 1. The van der Waals surface area contributed by atoms with Crippen LogP contribution in [0.5, 0.6) is 0 Å². The molecule has 3 aromatic rings. The fraction of sp³-hybridized carbons (Fsp3) is 0.353. The van der Waals surface area contributed by atoms with Crippen LogP contribution in [0.3, 0.4) is 0 Å². The average Bonchev–Trinajstić information content (AvgIpc) is 2.93. The number of nitrogens with two attached hydrogens (primary N) is 1. The molecule has 0 fully saturated rings. The zero-order valence-corrected chi connectivity index (χ0v) is 17.5. The van der Waals surface area contributed by atoms with Crippen LogP contribution in [0.2, 0.25) is 36.0 Å². The van der Waals surface area contributed by atoms with E-state index in [0.717, 1.165) is 16.9 Å². The van der Waals surface area contributed by atoms with E-state index < -0.39 is 8.07 Å². The Hall–Kier alpha value is -1.67. The molecule has 0 aliphatic carbocycles. The molecule has 9 heteroatoms. The second kappa shape index (κ2) is 7.52. The fourth-order valence-electron chi connectivity index (χ4n) is 2.56. The van der Waals surface area contributed by atoms with E-state index in [9.17, 15) is 0 Å². The van der Waals surface area contributed by atoms with E-state index in [-0.39, 0.29) is 5.28 Å². The fourth-order valence-corrected chi connectivity index (χ4v) is 3.63. The first-order valence-corrected chi connectivity index (χ1v) is 12.7. The van der Waals surface area contributed by atoms with Crippen LogP contribution in [-0.2, 0) is 11.5 Å². The number of ether oxygens (including phenoxy) is 1. The topological polar surface area (TPSA) is 78.8 Å². The van der Waals surface area contributed by atoms with Crippen LogP contribution >= 0.6 is 23.2 Å². The lowest BCUT2D eigenvalue weighted by molar-refractivity contribution is 0.0818. The van der Waals surface area contributed by atoms with Crippen LogP contribution in [0, 0.1) is 0 Å². The summed E-state index contributed by atoms with van der Waals surface area (Å²) in [4.78, 5) is 8.13. The van der Waals surface area contributed by atoms with Crippen molar-refractivity contribution in [1.29, 1.82) is 0 Å². The van der Waals surface area contributed by atoms with Gasteiger partial charge in [0.2, 0.25) is 5.28 Å². The van der Waals surface area contributed by atoms with Crippen molar-refractivity contribution >= 4 is 47.9 Å². The van der Waals surface area contributed by atoms with Gasteiger partial charge < -0.3 is 10.5 Å². The van der Waals surface area contributed by atoms with E-state index in [4.69, 9.17) is 33.7 Å². The van der Waals surface area contributed by atoms with Crippen LogP contribution < -0.4 is 5.73 Å². The Morgan fingerprint density at radius 2 is 1.96 bits per heavy atom. The normalized spacial score (nSPS) is 12.0. The van der Waals surface area contributed by atoms with Crippen molar-refractivity contribution in [3.63, 3.8) is 0 Å². The highest BCUT2D eigenvalue weighted by Crippen LogP contribution is 2.34. The van der Waals surface area contributed by atoms with Gasteiger partial charge in [-0.15, -0.1) is 0 Å². The SMILES string of the molecule is C[Si](C)(C)CCOCn1nc(-c2nc(Cl)ncc2Cl)c2c(N)cccc21. The van der Waals surface area contributed by atoms with Gasteiger partial charge in [0.05, 0.1) is 22.1 Å². The summed E-state index contributed by atoms with van der Waals surface area (Å²) in [7, 11) is -1.14. The Bertz CT molecular complexity index is 939. The van der Waals surface area contributed by atoms with Gasteiger partial charge in [0, 0.05) is 20.4 Å². The quantitative estimate of drug-likeness (QED) is 0.276. The number of hydrogen-bond acceptors (Lipinski definition) is 5. The minimum atomic E-state index is -1.14. The summed E-state index contributed by atoms with van der Waals surface area (Å²) in [6.07, 6.45) is 1.46. The summed E-state index contributed by atoms with van der Waals surface area (Å²) in [6, 6.07) is 6.74. The van der Waals surface area contributed by atoms with Crippen molar-refractivity contribution < 1.29 is 4.74 Å². The van der Waals surface area contributed by atoms with Gasteiger partial charge in [0.15, 0.2) is 0 Å². The number of anilines is 1. The highest BCUT2D eigenvalue weighted by atomic mass is 35.5. The molecule has 0 bridgehead atoms. The summed E-state index contributed by atoms with van der Waals surface area (Å²) in [5, 5.41) is 5.89. The second-order valence-corrected chi connectivity index (χ2v) is 13.6. The molecule has 0 spiro atoms. The molecule has 0 atom stereocenters. The summed E-state index contributed by atoms with van der Waals surface area (Å²) in [6.45, 7) is 7.99. The molecule has 138 valence electrons. The monoisotopic (exact) mass is 409 g/mol. The van der Waals surface area contributed by atoms with Crippen molar-refractivity contribution in [1.82, 2.24) is 19.7 Å². The van der Waals surface area contributed by atoms with Gasteiger partial charge in [-0.2, -0.15) is 5.10 Å². The molecular formula is C17H21Cl2N5OSi. The largest absolute Gasteiger partial charge is 0.398 e. The molecular weight excluding hydrogens is 389 g/mol. The Morgan fingerprint density at radius 1 is 1.19 bits per heavy atom. The number of nitrogens with zero attached hydrogens (tertiary/aromatic N) is 4. The lowest BCUT2D eigenvalue weighted by atomic mass is 10.1. The molecule has 0 saturated heterocycles. The van der Waals surface area contributed by atoms with Crippen molar-refractivity contribution in [2.45, 2.75) is 32.4 Å². The minimum Gasteiger partial charge on any atom is -0.398 e. The number of halogens is 2. The molecule has 1 aromatic carbocycles. The summed E-state index contributed by atoms with van der Waals surface area (Å²) in [5.41, 5.74) is 8.68. The first-order chi connectivity index (χ1) is 12.3. The Morgan fingerprint density at radius 3 is 2.69 bits per heavy atom. The summed E-state index contributed by atoms with van der Waals surface area (Å²) >= 11 is 12.2. The zero-order valence-electron chi connectivity index (χ0n) is 15.0. The molecule has 0 saturated carbocycles. The molecule has 0 aliphatic rings. The van der Waals surface area contributed by atoms with Gasteiger partial charge in [-0.1, -0.05) is 37.3 Å². The number of rotatable bonds is 6. The lowest BCUT2D eigenvalue weighted by Gasteiger charge is -2.15. The Kier molecular flexibility index (Phi) is 5.52. The van der Waals surface area contributed by atoms with Crippen LogP contribution in [0.25, 0.3) is 22.3 Å². The number of nitrogen functional groups attached to an aromatic ring is 1. The first-order valence-electron chi connectivity index (χ1n) is 8.27. The smallest absolute Gasteiger partial charge is 0.223 e. The Labute approximate surface area is 163 Å². The predicted octanol–water partition coefficient (Wildman–Crippen LogP) is 4.69. The van der Waals surface area contributed by atoms with Crippen molar-refractivity contribution in [3.8, 4) is 11.4 Å². The second-order valence-electron chi connectivity index (χ2n) is 7.27. The molecule has 3 rings (SSSR count). The summed E-state index contributed by atoms with van der Waals surface area (Å²) in [5.74, 6) is 0. The van der Waals surface area contributed by atoms with Gasteiger partial charge in [-0.05, 0) is 29.8 Å². The van der Waals surface area contributed by atoms with Crippen LogP contribution in [0.1, 0.15) is 0 Å². The molecule has 0 aliphatic heterocycles. The van der Waals surface area contributed by atoms with E-state index in [0.29, 0.717) is 35.4 Å².